The van der Waals surface area contributed by atoms with E-state index in [1.54, 1.807) is 0 Å². The minimum atomic E-state index is -0.436. The van der Waals surface area contributed by atoms with Gasteiger partial charge in [-0.25, -0.2) is 0 Å². The summed E-state index contributed by atoms with van der Waals surface area (Å²) in [5.74, 6) is 0. The molecule has 0 aromatic heterocycles. The molecule has 0 fully saturated rings. The summed E-state index contributed by atoms with van der Waals surface area (Å²) in [6.45, 7) is 2.06. The lowest BCUT2D eigenvalue weighted by Gasteiger charge is -2.32. The Hall–Kier alpha value is -0.820. The van der Waals surface area contributed by atoms with Crippen molar-refractivity contribution >= 4 is 0 Å². The second kappa shape index (κ2) is 3.15. The van der Waals surface area contributed by atoms with Crippen LogP contribution in [0.15, 0.2) is 24.3 Å². The summed E-state index contributed by atoms with van der Waals surface area (Å²) in [6.07, 6.45) is 3.64. The fourth-order valence-corrected chi connectivity index (χ4v) is 2.09. The predicted molar refractivity (Wildman–Crippen MR) is 53.7 cm³/mol. The Bertz CT molecular complexity index is 306. The van der Waals surface area contributed by atoms with Crippen LogP contribution in [0.4, 0.5) is 0 Å². The molecule has 0 saturated carbocycles. The smallest absolute Gasteiger partial charge is 0.0688 e. The zero-order valence-electron chi connectivity index (χ0n) is 8.09. The van der Waals surface area contributed by atoms with Crippen molar-refractivity contribution in [2.75, 3.05) is 0 Å². The van der Waals surface area contributed by atoms with Crippen LogP contribution in [0.1, 0.15) is 30.9 Å². The highest BCUT2D eigenvalue weighted by Crippen LogP contribution is 2.30. The number of hydrogen-bond acceptors (Lipinski definition) is 1. The molecule has 0 amide bonds. The molecule has 2 rings (SSSR count). The number of benzene rings is 1. The van der Waals surface area contributed by atoms with Crippen molar-refractivity contribution in [3.05, 3.63) is 35.4 Å². The van der Waals surface area contributed by atoms with Gasteiger partial charge in [0.1, 0.15) is 0 Å². The third-order valence-electron chi connectivity index (χ3n) is 3.16. The first-order valence-corrected chi connectivity index (χ1v) is 5.03. The summed E-state index contributed by atoms with van der Waals surface area (Å²) >= 11 is 0. The van der Waals surface area contributed by atoms with Gasteiger partial charge in [0.15, 0.2) is 0 Å². The average molecular weight is 176 g/mol. The van der Waals surface area contributed by atoms with Crippen LogP contribution in [0.25, 0.3) is 0 Å². The molecule has 1 aliphatic carbocycles. The van der Waals surface area contributed by atoms with E-state index in [0.717, 1.165) is 25.7 Å². The highest BCUT2D eigenvalue weighted by atomic mass is 16.3. The summed E-state index contributed by atoms with van der Waals surface area (Å²) in [6, 6.07) is 8.44. The molecule has 13 heavy (non-hydrogen) atoms. The summed E-state index contributed by atoms with van der Waals surface area (Å²) in [4.78, 5) is 0. The lowest BCUT2D eigenvalue weighted by molar-refractivity contribution is 0.0226. The Morgan fingerprint density at radius 3 is 2.69 bits per heavy atom. The van der Waals surface area contributed by atoms with Crippen LogP contribution >= 0.6 is 0 Å². The second-order valence-corrected chi connectivity index (χ2v) is 4.02. The van der Waals surface area contributed by atoms with E-state index in [0.29, 0.717) is 0 Å². The Morgan fingerprint density at radius 2 is 2.00 bits per heavy atom. The van der Waals surface area contributed by atoms with Crippen LogP contribution in [0.3, 0.4) is 0 Å². The van der Waals surface area contributed by atoms with Gasteiger partial charge in [-0.3, -0.25) is 0 Å². The minimum Gasteiger partial charge on any atom is -0.390 e. The molecular formula is C12H16O. The van der Waals surface area contributed by atoms with Crippen molar-refractivity contribution in [3.63, 3.8) is 0 Å². The zero-order chi connectivity index (χ0) is 9.31. The van der Waals surface area contributed by atoms with Gasteiger partial charge in [-0.1, -0.05) is 31.2 Å². The van der Waals surface area contributed by atoms with Gasteiger partial charge in [0.2, 0.25) is 0 Å². The van der Waals surface area contributed by atoms with E-state index in [9.17, 15) is 5.11 Å². The molecule has 1 N–H and O–H groups in total. The van der Waals surface area contributed by atoms with Gasteiger partial charge >= 0.3 is 0 Å². The monoisotopic (exact) mass is 176 g/mol. The van der Waals surface area contributed by atoms with E-state index in [4.69, 9.17) is 0 Å². The third kappa shape index (κ3) is 1.61. The van der Waals surface area contributed by atoms with E-state index in [1.165, 1.54) is 11.1 Å². The zero-order valence-corrected chi connectivity index (χ0v) is 8.09. The van der Waals surface area contributed by atoms with Crippen molar-refractivity contribution in [3.8, 4) is 0 Å². The molecule has 0 bridgehead atoms. The summed E-state index contributed by atoms with van der Waals surface area (Å²) in [7, 11) is 0. The molecular weight excluding hydrogens is 160 g/mol. The van der Waals surface area contributed by atoms with Gasteiger partial charge in [-0.2, -0.15) is 0 Å². The first-order valence-electron chi connectivity index (χ1n) is 5.03. The minimum absolute atomic E-state index is 0.436. The highest BCUT2D eigenvalue weighted by molar-refractivity contribution is 5.31. The second-order valence-electron chi connectivity index (χ2n) is 4.02. The summed E-state index contributed by atoms with van der Waals surface area (Å²) in [5.41, 5.74) is 2.31. The lowest BCUT2D eigenvalue weighted by Crippen LogP contribution is -2.34. The largest absolute Gasteiger partial charge is 0.390 e. The first kappa shape index (κ1) is 8.76. The Balaban J connectivity index is 2.29. The molecule has 0 unspecified atom stereocenters. The van der Waals surface area contributed by atoms with E-state index < -0.39 is 5.60 Å². The summed E-state index contributed by atoms with van der Waals surface area (Å²) in [5, 5.41) is 10.1. The Kier molecular flexibility index (Phi) is 2.12. The van der Waals surface area contributed by atoms with Crippen LogP contribution in [0.2, 0.25) is 0 Å². The molecule has 1 aromatic rings. The van der Waals surface area contributed by atoms with Gasteiger partial charge < -0.3 is 5.11 Å². The van der Waals surface area contributed by atoms with Gasteiger partial charge in [0, 0.05) is 6.42 Å². The van der Waals surface area contributed by atoms with Crippen LogP contribution in [-0.2, 0) is 12.8 Å². The maximum Gasteiger partial charge on any atom is 0.0688 e. The van der Waals surface area contributed by atoms with Crippen LogP contribution < -0.4 is 0 Å². The van der Waals surface area contributed by atoms with Crippen LogP contribution in [-0.4, -0.2) is 10.7 Å². The highest BCUT2D eigenvalue weighted by Gasteiger charge is 2.29. The van der Waals surface area contributed by atoms with E-state index in [2.05, 4.69) is 31.2 Å². The normalized spacial score (nSPS) is 26.9. The Labute approximate surface area is 79.4 Å². The first-order chi connectivity index (χ1) is 6.23. The van der Waals surface area contributed by atoms with E-state index in [1.807, 2.05) is 0 Å². The molecule has 0 saturated heterocycles. The molecule has 1 aliphatic rings. The molecule has 0 radical (unpaired) electrons. The van der Waals surface area contributed by atoms with Crippen molar-refractivity contribution < 1.29 is 5.11 Å². The van der Waals surface area contributed by atoms with Gasteiger partial charge in [0.25, 0.3) is 0 Å². The molecule has 1 heteroatoms. The van der Waals surface area contributed by atoms with Crippen LogP contribution in [0, 0.1) is 0 Å². The maximum absolute atomic E-state index is 10.1. The van der Waals surface area contributed by atoms with Crippen molar-refractivity contribution in [2.24, 2.45) is 0 Å². The van der Waals surface area contributed by atoms with Gasteiger partial charge in [0.05, 0.1) is 5.60 Å². The summed E-state index contributed by atoms with van der Waals surface area (Å²) < 4.78 is 0. The number of rotatable bonds is 1. The molecule has 0 spiro atoms. The van der Waals surface area contributed by atoms with E-state index >= 15 is 0 Å². The number of fused-ring (bicyclic) bond motifs is 1. The SMILES string of the molecule is CC[C@]1(O)CCc2ccccc2C1. The number of hydrogen-bond donors (Lipinski definition) is 1. The van der Waals surface area contributed by atoms with Crippen molar-refractivity contribution in [1.29, 1.82) is 0 Å². The number of aryl methyl sites for hydroxylation is 1. The van der Waals surface area contributed by atoms with E-state index in [-0.39, 0.29) is 0 Å². The van der Waals surface area contributed by atoms with Gasteiger partial charge in [-0.15, -0.1) is 0 Å². The molecule has 0 aliphatic heterocycles. The number of aliphatic hydroxyl groups is 1. The molecule has 1 aromatic carbocycles. The maximum atomic E-state index is 10.1. The average Bonchev–Trinajstić information content (AvgIpc) is 2.18. The Morgan fingerprint density at radius 1 is 1.31 bits per heavy atom. The molecule has 1 nitrogen and oxygen atoms in total. The predicted octanol–water partition coefficient (Wildman–Crippen LogP) is 2.32. The third-order valence-corrected chi connectivity index (χ3v) is 3.16. The quantitative estimate of drug-likeness (QED) is 0.696. The fraction of sp³-hybridized carbons (Fsp3) is 0.500. The van der Waals surface area contributed by atoms with Crippen LogP contribution in [0.5, 0.6) is 0 Å². The van der Waals surface area contributed by atoms with Crippen molar-refractivity contribution in [1.82, 2.24) is 0 Å². The van der Waals surface area contributed by atoms with Crippen molar-refractivity contribution in [2.45, 2.75) is 38.2 Å². The molecule has 70 valence electrons. The molecule has 1 atom stereocenters. The molecule has 0 heterocycles. The standard InChI is InChI=1S/C12H16O/c1-2-12(13)8-7-10-5-3-4-6-11(10)9-12/h3-6,13H,2,7-9H2,1H3/t12-/m0/s1. The topological polar surface area (TPSA) is 20.2 Å². The lowest BCUT2D eigenvalue weighted by atomic mass is 9.79. The van der Waals surface area contributed by atoms with Gasteiger partial charge in [-0.05, 0) is 30.4 Å². The fourth-order valence-electron chi connectivity index (χ4n) is 2.09.